The third-order valence-electron chi connectivity index (χ3n) is 12.1. The summed E-state index contributed by atoms with van der Waals surface area (Å²) in [5.41, 5.74) is 1.95. The second-order valence-electron chi connectivity index (χ2n) is 13.9. The van der Waals surface area contributed by atoms with Crippen molar-refractivity contribution < 1.29 is 24.5 Å². The van der Waals surface area contributed by atoms with E-state index >= 15 is 0 Å². The van der Waals surface area contributed by atoms with E-state index in [9.17, 15) is 19.8 Å². The fourth-order valence-electron chi connectivity index (χ4n) is 9.90. The predicted molar refractivity (Wildman–Crippen MR) is 151 cm³/mol. The second kappa shape index (κ2) is 11.2. The third kappa shape index (κ3) is 5.28. The fraction of sp³-hybridized carbons (Fsp3) is 0.758. The van der Waals surface area contributed by atoms with E-state index < -0.39 is 0 Å². The van der Waals surface area contributed by atoms with Gasteiger partial charge in [-0.1, -0.05) is 32.9 Å². The molecule has 1 aromatic rings. The lowest BCUT2D eigenvalue weighted by atomic mass is 9.43. The van der Waals surface area contributed by atoms with Crippen LogP contribution in [0.5, 0.6) is 0 Å². The molecule has 3 N–H and O–H groups in total. The minimum atomic E-state index is -0.360. The number of hydrogen-bond donors (Lipinski definition) is 3. The summed E-state index contributed by atoms with van der Waals surface area (Å²) in [6.07, 6.45) is 9.50. The quantitative estimate of drug-likeness (QED) is 0.398. The van der Waals surface area contributed by atoms with Crippen LogP contribution in [0.25, 0.3) is 0 Å². The molecule has 6 heteroatoms. The van der Waals surface area contributed by atoms with Crippen LogP contribution >= 0.6 is 0 Å². The van der Waals surface area contributed by atoms with Crippen molar-refractivity contribution in [1.82, 2.24) is 5.32 Å². The normalized spacial score (nSPS) is 40.1. The molecule has 0 bridgehead atoms. The van der Waals surface area contributed by atoms with E-state index in [0.29, 0.717) is 54.0 Å². The Bertz CT molecular complexity index is 1040. The molecule has 0 heterocycles. The highest BCUT2D eigenvalue weighted by molar-refractivity contribution is 5.89. The summed E-state index contributed by atoms with van der Waals surface area (Å²) < 4.78 is 4.74. The van der Waals surface area contributed by atoms with Crippen molar-refractivity contribution in [1.29, 1.82) is 0 Å². The van der Waals surface area contributed by atoms with Crippen molar-refractivity contribution >= 4 is 11.9 Å². The largest absolute Gasteiger partial charge is 0.465 e. The van der Waals surface area contributed by atoms with Crippen LogP contribution in [-0.2, 0) is 16.1 Å². The zero-order chi connectivity index (χ0) is 27.9. The van der Waals surface area contributed by atoms with Crippen molar-refractivity contribution in [3.63, 3.8) is 0 Å². The number of esters is 1. The van der Waals surface area contributed by atoms with E-state index in [4.69, 9.17) is 4.74 Å². The Morgan fingerprint density at radius 2 is 1.69 bits per heavy atom. The van der Waals surface area contributed by atoms with Gasteiger partial charge in [0.05, 0.1) is 24.9 Å². The van der Waals surface area contributed by atoms with Crippen LogP contribution in [0, 0.1) is 46.3 Å². The SMILES string of the molecule is COC(=O)c1ccc(CNC(=O)CC[C@@H](C)[C@H]2CC[C@H]3[C@@H]4[C@@H](O)C[C@@H]5C[C@H](O)CC[C@]5(C)[C@H]4CC[C@]23C)cc1. The van der Waals surface area contributed by atoms with Crippen LogP contribution in [0.2, 0.25) is 0 Å². The summed E-state index contributed by atoms with van der Waals surface area (Å²) in [6, 6.07) is 7.15. The maximum Gasteiger partial charge on any atom is 0.337 e. The molecular weight excluding hydrogens is 490 g/mol. The molecule has 4 aliphatic rings. The Balaban J connectivity index is 1.16. The molecule has 5 rings (SSSR count). The van der Waals surface area contributed by atoms with Crippen LogP contribution in [0.15, 0.2) is 24.3 Å². The number of carbonyl (C=O) groups is 2. The lowest BCUT2D eigenvalue weighted by Gasteiger charge is -2.62. The molecule has 0 saturated heterocycles. The number of hydrogen-bond acceptors (Lipinski definition) is 5. The summed E-state index contributed by atoms with van der Waals surface area (Å²) in [4.78, 5) is 24.3. The number of nitrogens with one attached hydrogen (secondary N) is 1. The molecule has 39 heavy (non-hydrogen) atoms. The Labute approximate surface area is 234 Å². The van der Waals surface area contributed by atoms with Crippen LogP contribution in [0.3, 0.4) is 0 Å². The van der Waals surface area contributed by atoms with Crippen molar-refractivity contribution in [2.75, 3.05) is 7.11 Å². The van der Waals surface area contributed by atoms with Gasteiger partial charge >= 0.3 is 5.97 Å². The molecule has 216 valence electrons. The fourth-order valence-corrected chi connectivity index (χ4v) is 9.90. The molecule has 4 fully saturated rings. The maximum absolute atomic E-state index is 12.7. The highest BCUT2D eigenvalue weighted by atomic mass is 16.5. The maximum atomic E-state index is 12.7. The van der Waals surface area contributed by atoms with Gasteiger partial charge in [0.25, 0.3) is 0 Å². The van der Waals surface area contributed by atoms with E-state index in [-0.39, 0.29) is 34.9 Å². The molecule has 4 aliphatic carbocycles. The van der Waals surface area contributed by atoms with Gasteiger partial charge in [0.1, 0.15) is 0 Å². The number of methoxy groups -OCH3 is 1. The summed E-state index contributed by atoms with van der Waals surface area (Å²) >= 11 is 0. The lowest BCUT2D eigenvalue weighted by Crippen LogP contribution is -2.58. The molecule has 0 radical (unpaired) electrons. The van der Waals surface area contributed by atoms with Crippen molar-refractivity contribution in [3.05, 3.63) is 35.4 Å². The van der Waals surface area contributed by atoms with Crippen LogP contribution in [-0.4, -0.2) is 41.4 Å². The molecule has 0 spiro atoms. The first-order valence-electron chi connectivity index (χ1n) is 15.4. The average molecular weight is 540 g/mol. The number of rotatable bonds is 7. The predicted octanol–water partition coefficient (Wildman–Crippen LogP) is 5.50. The van der Waals surface area contributed by atoms with E-state index in [1.807, 2.05) is 12.1 Å². The minimum absolute atomic E-state index is 0.0726. The van der Waals surface area contributed by atoms with Gasteiger partial charge in [0.2, 0.25) is 5.91 Å². The van der Waals surface area contributed by atoms with Gasteiger partial charge in [0, 0.05) is 13.0 Å². The second-order valence-corrected chi connectivity index (χ2v) is 13.9. The van der Waals surface area contributed by atoms with Gasteiger partial charge in [-0.3, -0.25) is 4.79 Å². The highest BCUT2D eigenvalue weighted by Gasteiger charge is 2.62. The first kappa shape index (κ1) is 28.6. The Kier molecular flexibility index (Phi) is 8.18. The van der Waals surface area contributed by atoms with E-state index in [2.05, 4.69) is 26.1 Å². The van der Waals surface area contributed by atoms with E-state index in [0.717, 1.165) is 37.7 Å². The average Bonchev–Trinajstić information content (AvgIpc) is 3.28. The van der Waals surface area contributed by atoms with E-state index in [1.165, 1.54) is 32.8 Å². The van der Waals surface area contributed by atoms with Gasteiger partial charge in [-0.25, -0.2) is 4.79 Å². The van der Waals surface area contributed by atoms with Crippen molar-refractivity contribution in [3.8, 4) is 0 Å². The molecule has 1 aromatic carbocycles. The van der Waals surface area contributed by atoms with Gasteiger partial charge in [-0.2, -0.15) is 0 Å². The standard InChI is InChI=1S/C33H49NO5/c1-20(5-12-29(37)34-19-21-6-8-22(9-7-21)31(38)39-4)25-10-11-26-30-27(14-16-33(25,26)3)32(2)15-13-24(35)17-23(32)18-28(30)36/h6-9,20,23-28,30,35-36H,5,10-19H2,1-4H3,(H,34,37)/t20-,23+,24-,25-,26+,27+,28+,30+,32+,33-/m1/s1. The third-order valence-corrected chi connectivity index (χ3v) is 12.1. The lowest BCUT2D eigenvalue weighted by molar-refractivity contribution is -0.174. The van der Waals surface area contributed by atoms with E-state index in [1.54, 1.807) is 12.1 Å². The van der Waals surface area contributed by atoms with Crippen molar-refractivity contribution in [2.45, 2.75) is 104 Å². The molecule has 0 unspecified atom stereocenters. The molecule has 0 aliphatic heterocycles. The summed E-state index contributed by atoms with van der Waals surface area (Å²) in [6.45, 7) is 7.75. The number of fused-ring (bicyclic) bond motifs is 5. The van der Waals surface area contributed by atoms with Crippen molar-refractivity contribution in [2.24, 2.45) is 46.3 Å². The molecule has 10 atom stereocenters. The number of aliphatic hydroxyl groups excluding tert-OH is 2. The smallest absolute Gasteiger partial charge is 0.337 e. The Morgan fingerprint density at radius 1 is 1.00 bits per heavy atom. The first-order chi connectivity index (χ1) is 18.6. The molecule has 0 aromatic heterocycles. The van der Waals surface area contributed by atoms with Gasteiger partial charge in [0.15, 0.2) is 0 Å². The topological polar surface area (TPSA) is 95.9 Å². The molecule has 1 amide bonds. The van der Waals surface area contributed by atoms with Gasteiger partial charge < -0.3 is 20.3 Å². The minimum Gasteiger partial charge on any atom is -0.465 e. The summed E-state index contributed by atoms with van der Waals surface area (Å²) in [5, 5.41) is 24.8. The number of benzene rings is 1. The van der Waals surface area contributed by atoms with Crippen LogP contribution < -0.4 is 5.32 Å². The summed E-state index contributed by atoms with van der Waals surface area (Å²) in [7, 11) is 1.37. The number of carbonyl (C=O) groups excluding carboxylic acids is 2. The molecule has 4 saturated carbocycles. The first-order valence-corrected chi connectivity index (χ1v) is 15.4. The number of amides is 1. The highest BCUT2D eigenvalue weighted by Crippen LogP contribution is 2.68. The van der Waals surface area contributed by atoms with Gasteiger partial charge in [-0.15, -0.1) is 0 Å². The monoisotopic (exact) mass is 539 g/mol. The van der Waals surface area contributed by atoms with Gasteiger partial charge in [-0.05, 0) is 122 Å². The summed E-state index contributed by atoms with van der Waals surface area (Å²) in [5.74, 6) is 2.73. The molecule has 6 nitrogen and oxygen atoms in total. The Hall–Kier alpha value is -1.92. The zero-order valence-electron chi connectivity index (χ0n) is 24.3. The molecular formula is C33H49NO5. The number of ether oxygens (including phenoxy) is 1. The number of aliphatic hydroxyl groups is 2. The van der Waals surface area contributed by atoms with Crippen LogP contribution in [0.1, 0.15) is 101 Å². The zero-order valence-corrected chi connectivity index (χ0v) is 24.3. The Morgan fingerprint density at radius 3 is 2.41 bits per heavy atom. The van der Waals surface area contributed by atoms with Crippen LogP contribution in [0.4, 0.5) is 0 Å².